The molecule has 0 atom stereocenters. The molecule has 1 aliphatic heterocycles. The maximum absolute atomic E-state index is 13.1. The lowest BCUT2D eigenvalue weighted by molar-refractivity contribution is -0.137. The van der Waals surface area contributed by atoms with Crippen molar-refractivity contribution in [3.63, 3.8) is 0 Å². The Kier molecular flexibility index (Phi) is 5.99. The highest BCUT2D eigenvalue weighted by Gasteiger charge is 2.37. The van der Waals surface area contributed by atoms with E-state index < -0.39 is 41.0 Å². The van der Waals surface area contributed by atoms with Crippen LogP contribution in [-0.4, -0.2) is 28.5 Å². The summed E-state index contributed by atoms with van der Waals surface area (Å²) in [7, 11) is 0. The van der Waals surface area contributed by atoms with Gasteiger partial charge in [-0.15, -0.1) is 0 Å². The monoisotopic (exact) mass is 440 g/mol. The number of hydrogen-bond donors (Lipinski definition) is 1. The first-order valence-electron chi connectivity index (χ1n) is 8.12. The van der Waals surface area contributed by atoms with E-state index >= 15 is 0 Å². The summed E-state index contributed by atoms with van der Waals surface area (Å²) < 4.78 is 39.4. The summed E-state index contributed by atoms with van der Waals surface area (Å²) in [5.74, 6) is -1.63. The summed E-state index contributed by atoms with van der Waals surface area (Å²) in [6, 6.07) is 11.7. The summed E-state index contributed by atoms with van der Waals surface area (Å²) in [5.41, 5.74) is -0.950. The number of anilines is 1. The molecule has 1 saturated heterocycles. The van der Waals surface area contributed by atoms with Crippen molar-refractivity contribution in [2.24, 2.45) is 0 Å². The zero-order valence-corrected chi connectivity index (χ0v) is 16.1. The predicted octanol–water partition coefficient (Wildman–Crippen LogP) is 5.03. The molecule has 1 heterocycles. The van der Waals surface area contributed by atoms with Crippen molar-refractivity contribution in [1.82, 2.24) is 4.90 Å². The molecular weight excluding hydrogens is 429 g/mol. The molecule has 3 rings (SSSR count). The maximum Gasteiger partial charge on any atom is 0.418 e. The van der Waals surface area contributed by atoms with Gasteiger partial charge in [-0.05, 0) is 41.6 Å². The molecule has 150 valence electrons. The zero-order chi connectivity index (χ0) is 21.2. The number of nitrogens with zero attached hydrogens (tertiary/aromatic N) is 1. The molecule has 0 spiro atoms. The van der Waals surface area contributed by atoms with Crippen molar-refractivity contribution in [2.45, 2.75) is 6.18 Å². The number of nitrogens with one attached hydrogen (secondary N) is 1. The quantitative estimate of drug-likeness (QED) is 0.677. The molecule has 0 aliphatic carbocycles. The van der Waals surface area contributed by atoms with Gasteiger partial charge in [0, 0.05) is 5.02 Å². The highest BCUT2D eigenvalue weighted by atomic mass is 35.5. The van der Waals surface area contributed by atoms with Crippen molar-refractivity contribution in [2.75, 3.05) is 11.9 Å². The highest BCUT2D eigenvalue weighted by Crippen LogP contribution is 2.37. The summed E-state index contributed by atoms with van der Waals surface area (Å²) >= 11 is 6.25. The molecule has 2 aromatic rings. The number of carbonyl (C=O) groups excluding carboxylic acids is 3. The van der Waals surface area contributed by atoms with Crippen molar-refractivity contribution < 1.29 is 27.6 Å². The molecule has 0 bridgehead atoms. The Morgan fingerprint density at radius 1 is 1.14 bits per heavy atom. The van der Waals surface area contributed by atoms with E-state index in [1.165, 1.54) is 12.1 Å². The average Bonchev–Trinajstić information content (AvgIpc) is 2.90. The Hall–Kier alpha value is -2.78. The normalized spacial score (nSPS) is 15.9. The van der Waals surface area contributed by atoms with E-state index in [1.807, 2.05) is 0 Å². The number of hydrogen-bond acceptors (Lipinski definition) is 4. The molecule has 10 heteroatoms. The van der Waals surface area contributed by atoms with Gasteiger partial charge in [-0.2, -0.15) is 13.2 Å². The second-order valence-electron chi connectivity index (χ2n) is 5.91. The molecule has 5 nitrogen and oxygen atoms in total. The Balaban J connectivity index is 1.74. The van der Waals surface area contributed by atoms with Gasteiger partial charge in [0.05, 0.1) is 16.2 Å². The molecule has 0 radical (unpaired) electrons. The number of amides is 3. The summed E-state index contributed by atoms with van der Waals surface area (Å²) in [6.45, 7) is -0.712. The Morgan fingerprint density at radius 2 is 1.83 bits per heavy atom. The number of rotatable bonds is 4. The van der Waals surface area contributed by atoms with Gasteiger partial charge >= 0.3 is 6.18 Å². The lowest BCUT2D eigenvalue weighted by Crippen LogP contribution is -2.36. The second-order valence-corrected chi connectivity index (χ2v) is 7.34. The molecule has 1 aliphatic rings. The van der Waals surface area contributed by atoms with Crippen LogP contribution in [0.15, 0.2) is 53.4 Å². The number of alkyl halides is 3. The van der Waals surface area contributed by atoms with Crippen LogP contribution in [0.25, 0.3) is 6.08 Å². The first-order chi connectivity index (χ1) is 13.6. The summed E-state index contributed by atoms with van der Waals surface area (Å²) in [6.07, 6.45) is -3.24. The minimum Gasteiger partial charge on any atom is -0.324 e. The van der Waals surface area contributed by atoms with Crippen molar-refractivity contribution in [1.29, 1.82) is 0 Å². The molecule has 1 fully saturated rings. The third kappa shape index (κ3) is 4.99. The standard InChI is InChI=1S/C19H12ClF3N2O3S/c20-12-6-7-14(13(9-12)19(21,22)23)24-16(26)10-25-17(27)15(29-18(25)28)8-11-4-2-1-3-5-11/h1-9H,10H2,(H,24,26)/b15-8+. The van der Waals surface area contributed by atoms with Crippen LogP contribution in [-0.2, 0) is 15.8 Å². The first kappa shape index (κ1) is 20.9. The molecule has 0 unspecified atom stereocenters. The van der Waals surface area contributed by atoms with Gasteiger partial charge in [0.1, 0.15) is 6.54 Å². The molecule has 0 saturated carbocycles. The SMILES string of the molecule is O=C(CN1C(=O)S/C(=C/c2ccccc2)C1=O)Nc1ccc(Cl)cc1C(F)(F)F. The molecular formula is C19H12ClF3N2O3S. The smallest absolute Gasteiger partial charge is 0.324 e. The summed E-state index contributed by atoms with van der Waals surface area (Å²) in [5, 5.41) is 1.26. The minimum absolute atomic E-state index is 0.122. The fourth-order valence-corrected chi connectivity index (χ4v) is 3.54. The van der Waals surface area contributed by atoms with E-state index in [1.54, 1.807) is 30.3 Å². The maximum atomic E-state index is 13.1. The van der Waals surface area contributed by atoms with Gasteiger partial charge < -0.3 is 5.32 Å². The van der Waals surface area contributed by atoms with Crippen LogP contribution in [0.3, 0.4) is 0 Å². The Bertz CT molecular complexity index is 1010. The van der Waals surface area contributed by atoms with Gasteiger partial charge in [-0.25, -0.2) is 0 Å². The van der Waals surface area contributed by atoms with Crippen molar-refractivity contribution >= 4 is 52.2 Å². The fraction of sp³-hybridized carbons (Fsp3) is 0.105. The zero-order valence-electron chi connectivity index (χ0n) is 14.5. The second kappa shape index (κ2) is 8.30. The van der Waals surface area contributed by atoms with E-state index in [9.17, 15) is 27.6 Å². The molecule has 29 heavy (non-hydrogen) atoms. The van der Waals surface area contributed by atoms with Gasteiger partial charge in [-0.3, -0.25) is 19.3 Å². The summed E-state index contributed by atoms with van der Waals surface area (Å²) in [4.78, 5) is 37.5. The number of carbonyl (C=O) groups is 3. The third-order valence-electron chi connectivity index (χ3n) is 3.83. The predicted molar refractivity (Wildman–Crippen MR) is 104 cm³/mol. The lowest BCUT2D eigenvalue weighted by atomic mass is 10.1. The van der Waals surface area contributed by atoms with E-state index in [-0.39, 0.29) is 9.93 Å². The van der Waals surface area contributed by atoms with Crippen LogP contribution in [0.5, 0.6) is 0 Å². The van der Waals surface area contributed by atoms with Gasteiger partial charge in [0.25, 0.3) is 11.1 Å². The lowest BCUT2D eigenvalue weighted by Gasteiger charge is -2.16. The highest BCUT2D eigenvalue weighted by molar-refractivity contribution is 8.18. The van der Waals surface area contributed by atoms with Crippen molar-refractivity contribution in [3.8, 4) is 0 Å². The van der Waals surface area contributed by atoms with Crippen LogP contribution in [0.2, 0.25) is 5.02 Å². The minimum atomic E-state index is -4.74. The van der Waals surface area contributed by atoms with E-state index in [4.69, 9.17) is 11.6 Å². The van der Waals surface area contributed by atoms with Gasteiger partial charge in [0.15, 0.2) is 0 Å². The molecule has 1 N–H and O–H groups in total. The van der Waals surface area contributed by atoms with Crippen LogP contribution in [0.4, 0.5) is 23.7 Å². The molecule has 0 aromatic heterocycles. The van der Waals surface area contributed by atoms with Crippen molar-refractivity contribution in [3.05, 3.63) is 69.6 Å². The van der Waals surface area contributed by atoms with Gasteiger partial charge in [-0.1, -0.05) is 41.9 Å². The topological polar surface area (TPSA) is 66.5 Å². The molecule has 3 amide bonds. The number of benzene rings is 2. The van der Waals surface area contributed by atoms with Crippen LogP contribution in [0, 0.1) is 0 Å². The third-order valence-corrected chi connectivity index (χ3v) is 4.98. The average molecular weight is 441 g/mol. The first-order valence-corrected chi connectivity index (χ1v) is 9.31. The number of thioether (sulfide) groups is 1. The largest absolute Gasteiger partial charge is 0.418 e. The fourth-order valence-electron chi connectivity index (χ4n) is 2.53. The van der Waals surface area contributed by atoms with E-state index in [0.29, 0.717) is 28.3 Å². The van der Waals surface area contributed by atoms with Gasteiger partial charge in [0.2, 0.25) is 5.91 Å². The number of imide groups is 1. The molecule has 2 aromatic carbocycles. The van der Waals surface area contributed by atoms with E-state index in [0.717, 1.165) is 6.07 Å². The van der Waals surface area contributed by atoms with Crippen LogP contribution in [0.1, 0.15) is 11.1 Å². The number of halogens is 4. The van der Waals surface area contributed by atoms with Crippen LogP contribution < -0.4 is 5.32 Å². The Morgan fingerprint density at radius 3 is 2.48 bits per heavy atom. The van der Waals surface area contributed by atoms with E-state index in [2.05, 4.69) is 5.32 Å². The Labute approximate surface area is 172 Å². The van der Waals surface area contributed by atoms with Crippen LogP contribution >= 0.6 is 23.4 Å².